The van der Waals surface area contributed by atoms with Crippen LogP contribution in [0.25, 0.3) is 0 Å². The molecule has 1 atom stereocenters. The first kappa shape index (κ1) is 12.2. The van der Waals surface area contributed by atoms with E-state index in [1.54, 1.807) is 0 Å². The standard InChI is InChI=1S/C11H12BrNO4/c1-5-2-7-11(17-4-16-7)10(12)9(5)6(13)3-8(14)15/h2,6H,3-4,13H2,1H3,(H,14,15). The maximum absolute atomic E-state index is 10.7. The fourth-order valence-corrected chi connectivity index (χ4v) is 2.80. The summed E-state index contributed by atoms with van der Waals surface area (Å²) in [6, 6.07) is 1.24. The summed E-state index contributed by atoms with van der Waals surface area (Å²) in [6.07, 6.45) is -0.126. The van der Waals surface area contributed by atoms with Gasteiger partial charge in [-0.1, -0.05) is 0 Å². The Labute approximate surface area is 107 Å². The van der Waals surface area contributed by atoms with Gasteiger partial charge in [0.2, 0.25) is 6.79 Å². The predicted molar refractivity (Wildman–Crippen MR) is 64.2 cm³/mol. The molecule has 1 aliphatic heterocycles. The highest BCUT2D eigenvalue weighted by Crippen LogP contribution is 2.44. The molecule has 0 saturated carbocycles. The molecule has 1 aromatic carbocycles. The highest BCUT2D eigenvalue weighted by Gasteiger charge is 2.25. The Balaban J connectivity index is 2.44. The lowest BCUT2D eigenvalue weighted by atomic mass is 9.99. The topological polar surface area (TPSA) is 81.8 Å². The van der Waals surface area contributed by atoms with Crippen molar-refractivity contribution >= 4 is 21.9 Å². The molecule has 3 N–H and O–H groups in total. The molecule has 6 heteroatoms. The van der Waals surface area contributed by atoms with Gasteiger partial charge in [-0.15, -0.1) is 0 Å². The maximum atomic E-state index is 10.7. The number of carbonyl (C=O) groups is 1. The van der Waals surface area contributed by atoms with Gasteiger partial charge in [0.1, 0.15) is 0 Å². The van der Waals surface area contributed by atoms with Crippen molar-refractivity contribution in [3.05, 3.63) is 21.7 Å². The molecule has 2 rings (SSSR count). The Bertz CT molecular complexity index is 475. The first-order valence-electron chi connectivity index (χ1n) is 5.06. The van der Waals surface area contributed by atoms with Crippen molar-refractivity contribution in [1.82, 2.24) is 0 Å². The lowest BCUT2D eigenvalue weighted by Crippen LogP contribution is -2.16. The van der Waals surface area contributed by atoms with E-state index in [-0.39, 0.29) is 13.2 Å². The molecule has 1 heterocycles. The molecular weight excluding hydrogens is 290 g/mol. The second-order valence-corrected chi connectivity index (χ2v) is 4.65. The average molecular weight is 302 g/mol. The molecule has 0 aliphatic carbocycles. The number of aryl methyl sites for hydroxylation is 1. The molecule has 0 amide bonds. The maximum Gasteiger partial charge on any atom is 0.305 e. The van der Waals surface area contributed by atoms with Gasteiger partial charge in [0, 0.05) is 6.04 Å². The van der Waals surface area contributed by atoms with Crippen molar-refractivity contribution in [2.24, 2.45) is 5.73 Å². The lowest BCUT2D eigenvalue weighted by Gasteiger charge is -2.16. The van der Waals surface area contributed by atoms with Crippen LogP contribution in [-0.4, -0.2) is 17.9 Å². The van der Waals surface area contributed by atoms with Crippen LogP contribution in [0.1, 0.15) is 23.6 Å². The van der Waals surface area contributed by atoms with Gasteiger partial charge in [0.05, 0.1) is 10.9 Å². The third-order valence-corrected chi connectivity index (χ3v) is 3.40. The van der Waals surface area contributed by atoms with Crippen LogP contribution in [0.3, 0.4) is 0 Å². The van der Waals surface area contributed by atoms with Gasteiger partial charge in [0.15, 0.2) is 11.5 Å². The fourth-order valence-electron chi connectivity index (χ4n) is 1.88. The van der Waals surface area contributed by atoms with Crippen molar-refractivity contribution in [3.8, 4) is 11.5 Å². The van der Waals surface area contributed by atoms with E-state index in [1.165, 1.54) is 0 Å². The minimum atomic E-state index is -0.929. The average Bonchev–Trinajstić information content (AvgIpc) is 2.64. The minimum absolute atomic E-state index is 0.126. The Hall–Kier alpha value is -1.27. The van der Waals surface area contributed by atoms with Crippen LogP contribution < -0.4 is 15.2 Å². The molecule has 17 heavy (non-hydrogen) atoms. The zero-order valence-corrected chi connectivity index (χ0v) is 10.8. The molecule has 0 aromatic heterocycles. The van der Waals surface area contributed by atoms with Crippen LogP contribution in [0.2, 0.25) is 0 Å². The van der Waals surface area contributed by atoms with Gasteiger partial charge in [0.25, 0.3) is 0 Å². The van der Waals surface area contributed by atoms with Crippen molar-refractivity contribution in [1.29, 1.82) is 0 Å². The number of fused-ring (bicyclic) bond motifs is 1. The highest BCUT2D eigenvalue weighted by molar-refractivity contribution is 9.10. The van der Waals surface area contributed by atoms with E-state index in [4.69, 9.17) is 20.3 Å². The van der Waals surface area contributed by atoms with Crippen LogP contribution in [-0.2, 0) is 4.79 Å². The molecule has 1 aliphatic rings. The van der Waals surface area contributed by atoms with E-state index in [0.29, 0.717) is 16.0 Å². The van der Waals surface area contributed by atoms with Gasteiger partial charge >= 0.3 is 5.97 Å². The van der Waals surface area contributed by atoms with Crippen molar-refractivity contribution < 1.29 is 19.4 Å². The summed E-state index contributed by atoms with van der Waals surface area (Å²) >= 11 is 3.40. The van der Waals surface area contributed by atoms with Crippen LogP contribution in [0.15, 0.2) is 10.5 Å². The first-order valence-corrected chi connectivity index (χ1v) is 5.86. The fraction of sp³-hybridized carbons (Fsp3) is 0.364. The molecule has 0 bridgehead atoms. The zero-order chi connectivity index (χ0) is 12.6. The van der Waals surface area contributed by atoms with Gasteiger partial charge in [-0.2, -0.15) is 0 Å². The van der Waals surface area contributed by atoms with Crippen molar-refractivity contribution in [2.45, 2.75) is 19.4 Å². The number of benzene rings is 1. The number of carboxylic acid groups (broad SMARTS) is 1. The summed E-state index contributed by atoms with van der Waals surface area (Å²) in [4.78, 5) is 10.7. The third kappa shape index (κ3) is 2.23. The molecule has 0 saturated heterocycles. The van der Waals surface area contributed by atoms with E-state index in [2.05, 4.69) is 15.9 Å². The summed E-state index contributed by atoms with van der Waals surface area (Å²) in [6.45, 7) is 2.04. The Morgan fingerprint density at radius 2 is 2.35 bits per heavy atom. The Morgan fingerprint density at radius 1 is 1.65 bits per heavy atom. The number of rotatable bonds is 3. The normalized spacial score (nSPS) is 14.8. The van der Waals surface area contributed by atoms with E-state index >= 15 is 0 Å². The van der Waals surface area contributed by atoms with Gasteiger partial charge in [-0.05, 0) is 40.0 Å². The van der Waals surface area contributed by atoms with E-state index in [9.17, 15) is 4.79 Å². The summed E-state index contributed by atoms with van der Waals surface area (Å²) in [5.74, 6) is 0.313. The lowest BCUT2D eigenvalue weighted by molar-refractivity contribution is -0.137. The molecule has 1 aromatic rings. The quantitative estimate of drug-likeness (QED) is 0.892. The van der Waals surface area contributed by atoms with Gasteiger partial charge in [-0.3, -0.25) is 4.79 Å². The van der Waals surface area contributed by atoms with Crippen LogP contribution >= 0.6 is 15.9 Å². The van der Waals surface area contributed by atoms with Gasteiger partial charge < -0.3 is 20.3 Å². The van der Waals surface area contributed by atoms with Crippen molar-refractivity contribution in [3.63, 3.8) is 0 Å². The van der Waals surface area contributed by atoms with E-state index < -0.39 is 12.0 Å². The molecule has 5 nitrogen and oxygen atoms in total. The van der Waals surface area contributed by atoms with Gasteiger partial charge in [-0.25, -0.2) is 0 Å². The molecule has 92 valence electrons. The number of nitrogens with two attached hydrogens (primary N) is 1. The predicted octanol–water partition coefficient (Wildman–Crippen LogP) is 1.96. The summed E-state index contributed by atoms with van der Waals surface area (Å²) in [7, 11) is 0. The molecule has 0 radical (unpaired) electrons. The molecule has 0 spiro atoms. The first-order chi connectivity index (χ1) is 8.00. The number of hydrogen-bond donors (Lipinski definition) is 2. The number of hydrogen-bond acceptors (Lipinski definition) is 4. The monoisotopic (exact) mass is 301 g/mol. The van der Waals surface area contributed by atoms with Crippen LogP contribution in [0.4, 0.5) is 0 Å². The summed E-state index contributed by atoms with van der Waals surface area (Å²) in [5.41, 5.74) is 7.52. The number of halogens is 1. The van der Waals surface area contributed by atoms with Crippen LogP contribution in [0, 0.1) is 6.92 Å². The van der Waals surface area contributed by atoms with Crippen LogP contribution in [0.5, 0.6) is 11.5 Å². The second kappa shape index (κ2) is 4.54. The highest BCUT2D eigenvalue weighted by atomic mass is 79.9. The summed E-state index contributed by atoms with van der Waals surface area (Å²) in [5, 5.41) is 8.77. The van der Waals surface area contributed by atoms with E-state index in [1.807, 2.05) is 13.0 Å². The van der Waals surface area contributed by atoms with E-state index in [0.717, 1.165) is 11.1 Å². The Morgan fingerprint density at radius 3 is 3.00 bits per heavy atom. The third-order valence-electron chi connectivity index (χ3n) is 2.62. The number of carboxylic acids is 1. The largest absolute Gasteiger partial charge is 0.481 e. The Kier molecular flexibility index (Phi) is 3.26. The summed E-state index contributed by atoms with van der Waals surface area (Å²) < 4.78 is 11.3. The zero-order valence-electron chi connectivity index (χ0n) is 9.20. The SMILES string of the molecule is Cc1cc2c(c(Br)c1C(N)CC(=O)O)OCO2. The number of aliphatic carboxylic acids is 1. The smallest absolute Gasteiger partial charge is 0.305 e. The number of ether oxygens (including phenoxy) is 2. The molecular formula is C11H12BrNO4. The second-order valence-electron chi connectivity index (χ2n) is 3.86. The van der Waals surface area contributed by atoms with Crippen molar-refractivity contribution in [2.75, 3.05) is 6.79 Å². The molecule has 1 unspecified atom stereocenters. The molecule has 0 fully saturated rings. The minimum Gasteiger partial charge on any atom is -0.481 e.